The number of carbonyl (C=O) groups excluding carboxylic acids is 1. The van der Waals surface area contributed by atoms with E-state index in [1.807, 2.05) is 30.3 Å². The van der Waals surface area contributed by atoms with Gasteiger partial charge in [0.1, 0.15) is 0 Å². The smallest absolute Gasteiger partial charge is 0.237 e. The van der Waals surface area contributed by atoms with E-state index in [2.05, 4.69) is 26.1 Å². The minimum atomic E-state index is -0.584. The van der Waals surface area contributed by atoms with Crippen LogP contribution < -0.4 is 11.1 Å². The van der Waals surface area contributed by atoms with Crippen LogP contribution in [0.2, 0.25) is 0 Å². The summed E-state index contributed by atoms with van der Waals surface area (Å²) >= 11 is 0. The van der Waals surface area contributed by atoms with Crippen molar-refractivity contribution in [1.29, 1.82) is 0 Å². The highest BCUT2D eigenvalue weighted by atomic mass is 16.3. The third-order valence-corrected chi connectivity index (χ3v) is 3.00. The zero-order valence-electron chi connectivity index (χ0n) is 12.6. The molecule has 0 fully saturated rings. The molecule has 4 nitrogen and oxygen atoms in total. The van der Waals surface area contributed by atoms with Gasteiger partial charge in [0.25, 0.3) is 0 Å². The summed E-state index contributed by atoms with van der Waals surface area (Å²) in [6.45, 7) is 6.41. The van der Waals surface area contributed by atoms with E-state index in [-0.39, 0.29) is 17.9 Å². The van der Waals surface area contributed by atoms with Gasteiger partial charge >= 0.3 is 0 Å². The van der Waals surface area contributed by atoms with Crippen molar-refractivity contribution >= 4 is 5.91 Å². The molecule has 20 heavy (non-hydrogen) atoms. The fourth-order valence-corrected chi connectivity index (χ4v) is 2.09. The molecule has 1 unspecified atom stereocenters. The minimum absolute atomic E-state index is 0.0380. The number of benzene rings is 1. The van der Waals surface area contributed by atoms with E-state index in [4.69, 9.17) is 5.73 Å². The molecule has 4 heteroatoms. The second-order valence-electron chi connectivity index (χ2n) is 6.46. The highest BCUT2D eigenvalue weighted by Gasteiger charge is 2.19. The molecule has 0 heterocycles. The van der Waals surface area contributed by atoms with E-state index < -0.39 is 12.1 Å². The summed E-state index contributed by atoms with van der Waals surface area (Å²) < 4.78 is 0. The van der Waals surface area contributed by atoms with Gasteiger partial charge in [0.05, 0.1) is 12.1 Å². The quantitative estimate of drug-likeness (QED) is 0.737. The van der Waals surface area contributed by atoms with Crippen LogP contribution in [0.25, 0.3) is 0 Å². The Morgan fingerprint density at radius 3 is 2.45 bits per heavy atom. The number of amides is 1. The molecule has 112 valence electrons. The maximum absolute atomic E-state index is 11.9. The lowest BCUT2D eigenvalue weighted by molar-refractivity contribution is -0.122. The third kappa shape index (κ3) is 6.68. The highest BCUT2D eigenvalue weighted by Crippen LogP contribution is 2.20. The molecule has 0 aromatic heterocycles. The lowest BCUT2D eigenvalue weighted by Crippen LogP contribution is -2.45. The number of hydrogen-bond donors (Lipinski definition) is 3. The normalized spacial score (nSPS) is 14.7. The van der Waals surface area contributed by atoms with Crippen LogP contribution in [-0.4, -0.2) is 29.7 Å². The van der Waals surface area contributed by atoms with Crippen molar-refractivity contribution in [3.05, 3.63) is 35.9 Å². The van der Waals surface area contributed by atoms with Crippen LogP contribution in [0.5, 0.6) is 0 Å². The van der Waals surface area contributed by atoms with E-state index in [9.17, 15) is 9.90 Å². The van der Waals surface area contributed by atoms with Crippen LogP contribution in [0.3, 0.4) is 0 Å². The van der Waals surface area contributed by atoms with Gasteiger partial charge in [-0.3, -0.25) is 4.79 Å². The SMILES string of the molecule is CC(C)(C)CC(O)CNC(=O)[C@@H](N)Cc1ccccc1. The van der Waals surface area contributed by atoms with E-state index >= 15 is 0 Å². The highest BCUT2D eigenvalue weighted by molar-refractivity contribution is 5.81. The first-order valence-electron chi connectivity index (χ1n) is 7.03. The van der Waals surface area contributed by atoms with Crippen molar-refractivity contribution < 1.29 is 9.90 Å². The van der Waals surface area contributed by atoms with Crippen LogP contribution in [0, 0.1) is 5.41 Å². The predicted octanol–water partition coefficient (Wildman–Crippen LogP) is 1.47. The molecule has 0 aliphatic rings. The van der Waals surface area contributed by atoms with Crippen LogP contribution in [0.15, 0.2) is 30.3 Å². The molecule has 0 aliphatic heterocycles. The van der Waals surface area contributed by atoms with E-state index in [0.29, 0.717) is 12.8 Å². The second-order valence-corrected chi connectivity index (χ2v) is 6.46. The van der Waals surface area contributed by atoms with Crippen LogP contribution in [-0.2, 0) is 11.2 Å². The Morgan fingerprint density at radius 1 is 1.30 bits per heavy atom. The van der Waals surface area contributed by atoms with Gasteiger partial charge in [-0.15, -0.1) is 0 Å². The van der Waals surface area contributed by atoms with Gasteiger partial charge in [-0.05, 0) is 23.8 Å². The summed E-state index contributed by atoms with van der Waals surface area (Å²) in [4.78, 5) is 11.9. The number of carbonyl (C=O) groups is 1. The largest absolute Gasteiger partial charge is 0.391 e. The summed E-state index contributed by atoms with van der Waals surface area (Å²) in [7, 11) is 0. The Labute approximate surface area is 121 Å². The maximum Gasteiger partial charge on any atom is 0.237 e. The number of aliphatic hydroxyl groups excluding tert-OH is 1. The lowest BCUT2D eigenvalue weighted by Gasteiger charge is -2.23. The molecule has 1 aromatic carbocycles. The average molecular weight is 278 g/mol. The Bertz CT molecular complexity index is 412. The van der Waals surface area contributed by atoms with Crippen molar-refractivity contribution in [2.45, 2.75) is 45.8 Å². The number of hydrogen-bond acceptors (Lipinski definition) is 3. The summed E-state index contributed by atoms with van der Waals surface area (Å²) in [5.74, 6) is -0.221. The molecule has 2 atom stereocenters. The first kappa shape index (κ1) is 16.7. The molecule has 1 rings (SSSR count). The van der Waals surface area contributed by atoms with Gasteiger partial charge in [0.15, 0.2) is 0 Å². The number of aliphatic hydroxyl groups is 1. The van der Waals surface area contributed by atoms with Crippen LogP contribution in [0.1, 0.15) is 32.8 Å². The molecule has 4 N–H and O–H groups in total. The standard InChI is InChI=1S/C16H26N2O2/c1-16(2,3)10-13(19)11-18-15(20)14(17)9-12-7-5-4-6-8-12/h4-8,13-14,19H,9-11,17H2,1-3H3,(H,18,20)/t13?,14-/m0/s1. The van der Waals surface area contributed by atoms with Crippen molar-refractivity contribution in [2.75, 3.05) is 6.54 Å². The third-order valence-electron chi connectivity index (χ3n) is 3.00. The molecule has 0 aliphatic carbocycles. The fraction of sp³-hybridized carbons (Fsp3) is 0.562. The molecule has 0 spiro atoms. The lowest BCUT2D eigenvalue weighted by atomic mass is 9.89. The number of rotatable bonds is 6. The van der Waals surface area contributed by atoms with Gasteiger partial charge in [-0.25, -0.2) is 0 Å². The van der Waals surface area contributed by atoms with Crippen molar-refractivity contribution in [3.8, 4) is 0 Å². The van der Waals surface area contributed by atoms with Gasteiger partial charge in [-0.2, -0.15) is 0 Å². The Hall–Kier alpha value is -1.39. The van der Waals surface area contributed by atoms with E-state index in [1.165, 1.54) is 0 Å². The van der Waals surface area contributed by atoms with E-state index in [1.54, 1.807) is 0 Å². The minimum Gasteiger partial charge on any atom is -0.391 e. The van der Waals surface area contributed by atoms with Gasteiger partial charge in [-0.1, -0.05) is 51.1 Å². The summed E-state index contributed by atoms with van der Waals surface area (Å²) in [5.41, 5.74) is 6.94. The zero-order chi connectivity index (χ0) is 15.2. The molecule has 1 amide bonds. The monoisotopic (exact) mass is 278 g/mol. The van der Waals surface area contributed by atoms with Crippen molar-refractivity contribution in [2.24, 2.45) is 11.1 Å². The predicted molar refractivity (Wildman–Crippen MR) is 81.2 cm³/mol. The summed E-state index contributed by atoms with van der Waals surface area (Å²) in [6.07, 6.45) is 0.603. The van der Waals surface area contributed by atoms with Gasteiger partial charge in [0, 0.05) is 6.54 Å². The first-order valence-corrected chi connectivity index (χ1v) is 7.03. The Kier molecular flexibility index (Phi) is 6.17. The Morgan fingerprint density at radius 2 is 1.90 bits per heavy atom. The molecule has 0 radical (unpaired) electrons. The Balaban J connectivity index is 2.35. The molecular weight excluding hydrogens is 252 g/mol. The number of nitrogens with two attached hydrogens (primary N) is 1. The first-order chi connectivity index (χ1) is 9.28. The fourth-order valence-electron chi connectivity index (χ4n) is 2.09. The van der Waals surface area contributed by atoms with Crippen molar-refractivity contribution in [1.82, 2.24) is 5.32 Å². The molecule has 0 bridgehead atoms. The number of nitrogens with one attached hydrogen (secondary N) is 1. The van der Waals surface area contributed by atoms with Crippen LogP contribution in [0.4, 0.5) is 0 Å². The molecular formula is C16H26N2O2. The van der Waals surface area contributed by atoms with Crippen LogP contribution >= 0.6 is 0 Å². The summed E-state index contributed by atoms with van der Waals surface area (Å²) in [6, 6.07) is 9.08. The second kappa shape index (κ2) is 7.41. The van der Waals surface area contributed by atoms with Crippen molar-refractivity contribution in [3.63, 3.8) is 0 Å². The summed E-state index contributed by atoms with van der Waals surface area (Å²) in [5, 5.41) is 12.6. The average Bonchev–Trinajstić information content (AvgIpc) is 2.35. The zero-order valence-corrected chi connectivity index (χ0v) is 12.6. The van der Waals surface area contributed by atoms with E-state index in [0.717, 1.165) is 5.56 Å². The molecule has 0 saturated carbocycles. The van der Waals surface area contributed by atoms with Gasteiger partial charge < -0.3 is 16.2 Å². The maximum atomic E-state index is 11.9. The molecule has 0 saturated heterocycles. The molecule has 1 aromatic rings. The van der Waals surface area contributed by atoms with Gasteiger partial charge in [0.2, 0.25) is 5.91 Å². The topological polar surface area (TPSA) is 75.3 Å².